The summed E-state index contributed by atoms with van der Waals surface area (Å²) in [5.74, 6) is 2.82. The third-order valence-electron chi connectivity index (χ3n) is 5.96. The highest BCUT2D eigenvalue weighted by Gasteiger charge is 2.19. The number of hydrogen-bond donors (Lipinski definition) is 1. The van der Waals surface area contributed by atoms with Crippen LogP contribution < -0.4 is 5.73 Å². The highest BCUT2D eigenvalue weighted by atomic mass is 16.1. The lowest BCUT2D eigenvalue weighted by Gasteiger charge is -2.17. The van der Waals surface area contributed by atoms with Crippen molar-refractivity contribution in [1.29, 1.82) is 0 Å². The Bertz CT molecular complexity index is 1600. The van der Waals surface area contributed by atoms with E-state index in [9.17, 15) is 0 Å². The molecule has 1 aromatic carbocycles. The number of aromatic nitrogens is 5. The number of amides is 1. The van der Waals surface area contributed by atoms with Crippen LogP contribution in [-0.4, -0.2) is 31.0 Å². The molecule has 4 aromatic heterocycles. The van der Waals surface area contributed by atoms with Gasteiger partial charge < -0.3 is 5.73 Å². The Labute approximate surface area is 230 Å². The topological polar surface area (TPSA) is 99.1 Å². The van der Waals surface area contributed by atoms with Crippen LogP contribution in [0.25, 0.3) is 39.0 Å². The Hall–Kier alpha value is -4.83. The Morgan fingerprint density at radius 2 is 1.69 bits per heavy atom. The van der Waals surface area contributed by atoms with Gasteiger partial charge >= 0.3 is 0 Å². The number of fused-ring (bicyclic) bond motifs is 1. The van der Waals surface area contributed by atoms with Gasteiger partial charge in [-0.25, -0.2) is 9.50 Å². The van der Waals surface area contributed by atoms with Gasteiger partial charge in [0.05, 0.1) is 22.3 Å². The number of primary amides is 1. The van der Waals surface area contributed by atoms with E-state index in [0.29, 0.717) is 0 Å². The van der Waals surface area contributed by atoms with E-state index in [1.807, 2.05) is 62.1 Å². The smallest absolute Gasteiger partial charge is 0.204 e. The third-order valence-corrected chi connectivity index (χ3v) is 5.96. The molecular formula is C32H34N6O. The van der Waals surface area contributed by atoms with E-state index in [0.717, 1.165) is 50.4 Å². The second kappa shape index (κ2) is 13.1. The number of nitrogens with two attached hydrogens (primary N) is 1. The highest BCUT2D eigenvalue weighted by Crippen LogP contribution is 2.32. The fourth-order valence-electron chi connectivity index (χ4n) is 3.93. The number of carbonyl (C=O) groups is 1. The summed E-state index contributed by atoms with van der Waals surface area (Å²) in [6.45, 7) is 10.3. The Morgan fingerprint density at radius 3 is 2.41 bits per heavy atom. The third kappa shape index (κ3) is 6.74. The predicted octanol–water partition coefficient (Wildman–Crippen LogP) is 6.26. The lowest BCUT2D eigenvalue weighted by molar-refractivity contribution is -0.106. The van der Waals surface area contributed by atoms with Crippen LogP contribution >= 0.6 is 0 Å². The molecular weight excluding hydrogens is 484 g/mol. The quantitative estimate of drug-likeness (QED) is 0.224. The van der Waals surface area contributed by atoms with Crippen molar-refractivity contribution in [3.63, 3.8) is 0 Å². The molecule has 0 unspecified atom stereocenters. The number of carbonyl (C=O) groups excluding carboxylic acids is 1. The van der Waals surface area contributed by atoms with Gasteiger partial charge in [0.25, 0.3) is 0 Å². The van der Waals surface area contributed by atoms with E-state index in [1.54, 1.807) is 6.33 Å². The number of nitrogens with zero attached hydrogens (tertiary/aromatic N) is 5. The van der Waals surface area contributed by atoms with Gasteiger partial charge in [-0.1, -0.05) is 44.4 Å². The zero-order valence-electron chi connectivity index (χ0n) is 23.1. The highest BCUT2D eigenvalue weighted by molar-refractivity contribution is 5.81. The molecule has 7 heteroatoms. The average Bonchev–Trinajstić information content (AvgIpc) is 3.44. The first-order chi connectivity index (χ1) is 18.8. The van der Waals surface area contributed by atoms with Crippen LogP contribution in [0, 0.1) is 19.3 Å². The molecule has 198 valence electrons. The molecule has 2 N–H and O–H groups in total. The van der Waals surface area contributed by atoms with E-state index < -0.39 is 5.41 Å². The molecule has 0 atom stereocenters. The second-order valence-corrected chi connectivity index (χ2v) is 9.43. The van der Waals surface area contributed by atoms with Crippen LogP contribution in [0.3, 0.4) is 0 Å². The van der Waals surface area contributed by atoms with Crippen molar-refractivity contribution >= 4 is 11.9 Å². The molecule has 0 saturated heterocycles. The molecule has 4 heterocycles. The summed E-state index contributed by atoms with van der Waals surface area (Å²) in [4.78, 5) is 22.3. The van der Waals surface area contributed by atoms with Gasteiger partial charge in [0, 0.05) is 41.0 Å². The molecule has 0 spiro atoms. The molecule has 5 aromatic rings. The van der Waals surface area contributed by atoms with Gasteiger partial charge in [-0.2, -0.15) is 5.10 Å². The van der Waals surface area contributed by atoms with Gasteiger partial charge in [-0.3, -0.25) is 14.8 Å². The summed E-state index contributed by atoms with van der Waals surface area (Å²) >= 11 is 0. The van der Waals surface area contributed by atoms with Crippen LogP contribution in [0.1, 0.15) is 45.5 Å². The minimum atomic E-state index is -0.438. The summed E-state index contributed by atoms with van der Waals surface area (Å²) < 4.78 is 1.83. The summed E-state index contributed by atoms with van der Waals surface area (Å²) in [6, 6.07) is 18.6. The molecule has 0 bridgehead atoms. The fourth-order valence-corrected chi connectivity index (χ4v) is 3.93. The second-order valence-electron chi connectivity index (χ2n) is 9.43. The summed E-state index contributed by atoms with van der Waals surface area (Å²) in [7, 11) is 0. The van der Waals surface area contributed by atoms with Crippen molar-refractivity contribution in [2.24, 2.45) is 5.73 Å². The molecule has 7 nitrogen and oxygen atoms in total. The zero-order chi connectivity index (χ0) is 28.4. The summed E-state index contributed by atoms with van der Waals surface area (Å²) in [6.07, 6.45) is 14.4. The first-order valence-corrected chi connectivity index (χ1v) is 12.7. The standard InChI is InChI=1S/C28H23N5.C3H8.CH3NO/c1-5-28(3,4)26-16-20(11-12-29-26)23-15-24(19(2)30-17-23)21-8-6-9-22(14-21)27-25-10-7-13-33(25)32-18-31-27;1-3-2;2-1-3/h1,6-18H,2-4H3;3H2,1-2H3;1H,(H2,2,3). The van der Waals surface area contributed by atoms with Gasteiger partial charge in [-0.05, 0) is 68.3 Å². The van der Waals surface area contributed by atoms with Crippen LogP contribution in [0.5, 0.6) is 0 Å². The Balaban J connectivity index is 0.000000643. The van der Waals surface area contributed by atoms with Crippen molar-refractivity contribution in [2.75, 3.05) is 0 Å². The van der Waals surface area contributed by atoms with E-state index in [4.69, 9.17) is 16.2 Å². The zero-order valence-corrected chi connectivity index (χ0v) is 23.1. The van der Waals surface area contributed by atoms with Gasteiger partial charge in [0.1, 0.15) is 6.33 Å². The summed E-state index contributed by atoms with van der Waals surface area (Å²) in [5.41, 5.74) is 12.7. The summed E-state index contributed by atoms with van der Waals surface area (Å²) in [5, 5.41) is 4.28. The van der Waals surface area contributed by atoms with Crippen molar-refractivity contribution < 1.29 is 4.79 Å². The number of pyridine rings is 2. The molecule has 5 rings (SSSR count). The molecule has 0 fully saturated rings. The van der Waals surface area contributed by atoms with E-state index in [1.165, 1.54) is 6.42 Å². The molecule has 39 heavy (non-hydrogen) atoms. The first-order valence-electron chi connectivity index (χ1n) is 12.7. The van der Waals surface area contributed by atoms with Crippen molar-refractivity contribution in [3.05, 3.63) is 90.9 Å². The Kier molecular flexibility index (Phi) is 9.66. The minimum absolute atomic E-state index is 0.250. The number of rotatable bonds is 4. The van der Waals surface area contributed by atoms with Crippen LogP contribution in [-0.2, 0) is 10.2 Å². The van der Waals surface area contributed by atoms with Crippen molar-refractivity contribution in [2.45, 2.75) is 46.5 Å². The SMILES string of the molecule is C#CC(C)(C)c1cc(-c2cnc(C)c(-c3cccc(-c4ncnn5cccc45)c3)c2)ccn1.CCC.NC=O. The molecule has 0 aliphatic heterocycles. The molecule has 0 radical (unpaired) electrons. The monoisotopic (exact) mass is 518 g/mol. The molecule has 0 aliphatic carbocycles. The van der Waals surface area contributed by atoms with Gasteiger partial charge in [0.2, 0.25) is 6.41 Å². The molecule has 0 saturated carbocycles. The maximum absolute atomic E-state index is 8.58. The molecule has 0 aliphatic rings. The number of terminal acetylenes is 1. The van der Waals surface area contributed by atoms with Crippen LogP contribution in [0.2, 0.25) is 0 Å². The maximum Gasteiger partial charge on any atom is 0.204 e. The number of hydrogen-bond acceptors (Lipinski definition) is 5. The molecule has 1 amide bonds. The Morgan fingerprint density at radius 1 is 0.974 bits per heavy atom. The van der Waals surface area contributed by atoms with E-state index in [-0.39, 0.29) is 6.41 Å². The van der Waals surface area contributed by atoms with E-state index in [2.05, 4.69) is 77.0 Å². The van der Waals surface area contributed by atoms with Crippen molar-refractivity contribution in [3.8, 4) is 45.9 Å². The van der Waals surface area contributed by atoms with Crippen LogP contribution in [0.4, 0.5) is 0 Å². The fraction of sp³-hybridized carbons (Fsp3) is 0.219. The number of aryl methyl sites for hydroxylation is 1. The largest absolute Gasteiger partial charge is 0.372 e. The maximum atomic E-state index is 8.58. The lowest BCUT2D eigenvalue weighted by atomic mass is 9.88. The average molecular weight is 519 g/mol. The lowest BCUT2D eigenvalue weighted by Crippen LogP contribution is -2.15. The minimum Gasteiger partial charge on any atom is -0.372 e. The normalized spacial score (nSPS) is 10.5. The first kappa shape index (κ1) is 28.7. The van der Waals surface area contributed by atoms with Crippen molar-refractivity contribution in [1.82, 2.24) is 24.6 Å². The predicted molar refractivity (Wildman–Crippen MR) is 158 cm³/mol. The van der Waals surface area contributed by atoms with Gasteiger partial charge in [0.15, 0.2) is 0 Å². The van der Waals surface area contributed by atoms with Gasteiger partial charge in [-0.15, -0.1) is 6.42 Å². The van der Waals surface area contributed by atoms with E-state index >= 15 is 0 Å². The van der Waals surface area contributed by atoms with Crippen LogP contribution in [0.15, 0.2) is 79.5 Å². The number of benzene rings is 1.